The first-order valence-electron chi connectivity index (χ1n) is 6.92. The van der Waals surface area contributed by atoms with Gasteiger partial charge in [0.05, 0.1) is 11.4 Å². The molecule has 0 atom stereocenters. The fourth-order valence-electron chi connectivity index (χ4n) is 2.84. The summed E-state index contributed by atoms with van der Waals surface area (Å²) in [4.78, 5) is 25.4. The number of carbonyl (C=O) groups is 1. The highest BCUT2D eigenvalue weighted by Gasteiger charge is 2.18. The van der Waals surface area contributed by atoms with Crippen molar-refractivity contribution in [3.63, 3.8) is 0 Å². The summed E-state index contributed by atoms with van der Waals surface area (Å²) in [6.45, 7) is 2.48. The zero-order chi connectivity index (χ0) is 15.0. The Hall–Kier alpha value is -1.92. The molecule has 0 unspecified atom stereocenters. The van der Waals surface area contributed by atoms with Crippen LogP contribution < -0.4 is 16.8 Å². The van der Waals surface area contributed by atoms with Crippen LogP contribution >= 0.6 is 11.3 Å². The second kappa shape index (κ2) is 5.46. The van der Waals surface area contributed by atoms with E-state index in [9.17, 15) is 9.59 Å². The van der Waals surface area contributed by atoms with E-state index < -0.39 is 0 Å². The number of thiophene rings is 1. The maximum atomic E-state index is 12.2. The molecule has 110 valence electrons. The minimum atomic E-state index is -0.292. The van der Waals surface area contributed by atoms with Gasteiger partial charge in [0.15, 0.2) is 0 Å². The van der Waals surface area contributed by atoms with Crippen LogP contribution in [-0.2, 0) is 19.4 Å². The second-order valence-corrected chi connectivity index (χ2v) is 6.51. The number of aryl methyl sites for hydroxylation is 2. The summed E-state index contributed by atoms with van der Waals surface area (Å²) in [7, 11) is 0. The van der Waals surface area contributed by atoms with E-state index >= 15 is 0 Å². The lowest BCUT2D eigenvalue weighted by Gasteiger charge is -2.11. The van der Waals surface area contributed by atoms with Gasteiger partial charge in [0.1, 0.15) is 0 Å². The molecule has 2 aromatic rings. The predicted molar refractivity (Wildman–Crippen MR) is 82.5 cm³/mol. The van der Waals surface area contributed by atoms with Crippen LogP contribution in [0.25, 0.3) is 0 Å². The minimum Gasteiger partial charge on any atom is -0.308 e. The number of carbonyl (C=O) groups excluding carboxylic acids is 1. The Morgan fingerprint density at radius 3 is 3.00 bits per heavy atom. The minimum absolute atomic E-state index is 0.0195. The van der Waals surface area contributed by atoms with Crippen molar-refractivity contribution in [1.29, 1.82) is 0 Å². The molecule has 1 aliphatic carbocycles. The van der Waals surface area contributed by atoms with Crippen LogP contribution in [0.2, 0.25) is 0 Å². The molecule has 1 aliphatic rings. The lowest BCUT2D eigenvalue weighted by molar-refractivity contribution is 0.0957. The van der Waals surface area contributed by atoms with Crippen molar-refractivity contribution in [2.45, 2.75) is 32.7 Å². The molecule has 1 amide bonds. The van der Waals surface area contributed by atoms with Gasteiger partial charge in [-0.3, -0.25) is 15.0 Å². The van der Waals surface area contributed by atoms with E-state index in [0.717, 1.165) is 35.4 Å². The number of amides is 1. The van der Waals surface area contributed by atoms with Gasteiger partial charge >= 0.3 is 0 Å². The van der Waals surface area contributed by atoms with Crippen molar-refractivity contribution in [2.75, 3.05) is 0 Å². The largest absolute Gasteiger partial charge is 0.308 e. The Labute approximate surface area is 126 Å². The van der Waals surface area contributed by atoms with Crippen LogP contribution in [0.3, 0.4) is 0 Å². The summed E-state index contributed by atoms with van der Waals surface area (Å²) in [5, 5.41) is 0. The number of hydrazine groups is 1. The summed E-state index contributed by atoms with van der Waals surface area (Å²) >= 11 is 1.40. The van der Waals surface area contributed by atoms with Crippen LogP contribution in [0.1, 0.15) is 37.8 Å². The first kappa shape index (κ1) is 14.0. The van der Waals surface area contributed by atoms with Crippen LogP contribution in [0.4, 0.5) is 0 Å². The van der Waals surface area contributed by atoms with Crippen LogP contribution in [0, 0.1) is 6.92 Å². The number of nitrogens with one attached hydrogen (secondary N) is 1. The van der Waals surface area contributed by atoms with Crippen LogP contribution in [0.5, 0.6) is 0 Å². The van der Waals surface area contributed by atoms with Gasteiger partial charge in [0.25, 0.3) is 11.5 Å². The number of aromatic nitrogens is 1. The average molecular weight is 303 g/mol. The lowest BCUT2D eigenvalue weighted by atomic mass is 10.2. The number of nitrogens with two attached hydrogens (primary N) is 1. The number of fused-ring (bicyclic) bond motifs is 1. The second-order valence-electron chi connectivity index (χ2n) is 5.25. The van der Waals surface area contributed by atoms with E-state index in [0.29, 0.717) is 11.4 Å². The molecule has 3 N–H and O–H groups in total. The van der Waals surface area contributed by atoms with Gasteiger partial charge in [-0.2, -0.15) is 0 Å². The standard InChI is InChI=1S/C15H17N3O2S/c1-9-11(7-13(21-9)15(20)17-16)8-18-12-4-2-3-10(12)5-6-14(18)19/h5-7H,2-4,8,16H2,1H3,(H,17,20). The van der Waals surface area contributed by atoms with Gasteiger partial charge in [0.2, 0.25) is 0 Å². The number of nitrogen functional groups attached to an aromatic ring is 1. The summed E-state index contributed by atoms with van der Waals surface area (Å²) < 4.78 is 1.83. The van der Waals surface area contributed by atoms with Crippen LogP contribution in [0.15, 0.2) is 23.0 Å². The number of pyridine rings is 1. The van der Waals surface area contributed by atoms with Crippen LogP contribution in [-0.4, -0.2) is 10.5 Å². The van der Waals surface area contributed by atoms with E-state index in [2.05, 4.69) is 5.43 Å². The van der Waals surface area contributed by atoms with E-state index in [-0.39, 0.29) is 11.5 Å². The summed E-state index contributed by atoms with van der Waals surface area (Å²) in [5.41, 5.74) is 5.57. The first-order chi connectivity index (χ1) is 10.1. The molecule has 2 heterocycles. The monoisotopic (exact) mass is 303 g/mol. The number of hydrogen-bond acceptors (Lipinski definition) is 4. The molecule has 21 heavy (non-hydrogen) atoms. The topological polar surface area (TPSA) is 77.1 Å². The molecule has 0 saturated heterocycles. The molecule has 0 aromatic carbocycles. The number of hydrogen-bond donors (Lipinski definition) is 2. The summed E-state index contributed by atoms with van der Waals surface area (Å²) in [5.74, 6) is 4.87. The van der Waals surface area contributed by atoms with Gasteiger partial charge in [0, 0.05) is 16.6 Å². The zero-order valence-corrected chi connectivity index (χ0v) is 12.6. The Morgan fingerprint density at radius 2 is 2.24 bits per heavy atom. The fourth-order valence-corrected chi connectivity index (χ4v) is 3.77. The molecule has 0 bridgehead atoms. The predicted octanol–water partition coefficient (Wildman–Crippen LogP) is 1.36. The quantitative estimate of drug-likeness (QED) is 0.510. The summed E-state index contributed by atoms with van der Waals surface area (Å²) in [6, 6.07) is 5.40. The fraction of sp³-hybridized carbons (Fsp3) is 0.333. The smallest absolute Gasteiger partial charge is 0.275 e. The van der Waals surface area contributed by atoms with E-state index in [1.54, 1.807) is 6.07 Å². The third kappa shape index (κ3) is 2.52. The van der Waals surface area contributed by atoms with E-state index in [4.69, 9.17) is 5.84 Å². The van der Waals surface area contributed by atoms with Crippen molar-refractivity contribution in [3.05, 3.63) is 55.1 Å². The van der Waals surface area contributed by atoms with Gasteiger partial charge in [-0.1, -0.05) is 6.07 Å². The average Bonchev–Trinajstić information content (AvgIpc) is 3.08. The lowest BCUT2D eigenvalue weighted by Crippen LogP contribution is -2.29. The molecule has 6 heteroatoms. The maximum absolute atomic E-state index is 12.2. The molecule has 0 fully saturated rings. The number of nitrogens with zero attached hydrogens (tertiary/aromatic N) is 1. The third-order valence-corrected chi connectivity index (χ3v) is 5.04. The van der Waals surface area contributed by atoms with Gasteiger partial charge in [-0.15, -0.1) is 11.3 Å². The molecule has 2 aromatic heterocycles. The molecule has 0 spiro atoms. The highest BCUT2D eigenvalue weighted by molar-refractivity contribution is 7.14. The molecular weight excluding hydrogens is 286 g/mol. The Bertz CT molecular complexity index is 761. The Morgan fingerprint density at radius 1 is 1.43 bits per heavy atom. The third-order valence-electron chi connectivity index (χ3n) is 3.95. The maximum Gasteiger partial charge on any atom is 0.275 e. The highest BCUT2D eigenvalue weighted by atomic mass is 32.1. The van der Waals surface area contributed by atoms with Crippen molar-refractivity contribution in [3.8, 4) is 0 Å². The number of rotatable bonds is 3. The Balaban J connectivity index is 1.98. The first-order valence-corrected chi connectivity index (χ1v) is 7.73. The highest BCUT2D eigenvalue weighted by Crippen LogP contribution is 2.25. The van der Waals surface area contributed by atoms with E-state index in [1.807, 2.05) is 23.6 Å². The zero-order valence-electron chi connectivity index (χ0n) is 11.8. The summed E-state index contributed by atoms with van der Waals surface area (Å²) in [6.07, 6.45) is 3.09. The van der Waals surface area contributed by atoms with Gasteiger partial charge in [-0.25, -0.2) is 5.84 Å². The molecule has 0 aliphatic heterocycles. The molecular formula is C15H17N3O2S. The normalized spacial score (nSPS) is 13.2. The molecule has 3 rings (SSSR count). The van der Waals surface area contributed by atoms with Gasteiger partial charge < -0.3 is 4.57 Å². The van der Waals surface area contributed by atoms with Crippen molar-refractivity contribution >= 4 is 17.2 Å². The van der Waals surface area contributed by atoms with Gasteiger partial charge in [-0.05, 0) is 43.4 Å². The molecule has 5 nitrogen and oxygen atoms in total. The van der Waals surface area contributed by atoms with Crippen molar-refractivity contribution in [1.82, 2.24) is 9.99 Å². The van der Waals surface area contributed by atoms with E-state index in [1.165, 1.54) is 16.9 Å². The van der Waals surface area contributed by atoms with Crippen molar-refractivity contribution in [2.24, 2.45) is 5.84 Å². The molecule has 0 saturated carbocycles. The van der Waals surface area contributed by atoms with Crippen molar-refractivity contribution < 1.29 is 4.79 Å². The Kier molecular flexibility index (Phi) is 3.65. The SMILES string of the molecule is Cc1sc(C(=O)NN)cc1Cn1c2c(ccc1=O)CCC2. The molecule has 0 radical (unpaired) electrons.